The van der Waals surface area contributed by atoms with Crippen LogP contribution in [0.5, 0.6) is 0 Å². The van der Waals surface area contributed by atoms with Gasteiger partial charge < -0.3 is 14.4 Å². The van der Waals surface area contributed by atoms with Crippen molar-refractivity contribution in [1.29, 1.82) is 0 Å². The number of carbonyl (C=O) groups excluding carboxylic acids is 1. The molecule has 2 aliphatic rings. The number of amides is 1. The number of fused-ring (bicyclic) bond motifs is 2. The highest BCUT2D eigenvalue weighted by molar-refractivity contribution is 5.92. The molecule has 2 aromatic heterocycles. The number of carbonyl (C=O) groups is 1. The Hall–Kier alpha value is -2.41. The molecule has 4 heterocycles. The average Bonchev–Trinajstić information content (AvgIpc) is 3.11. The summed E-state index contributed by atoms with van der Waals surface area (Å²) in [5.41, 5.74) is -0.526. The molecule has 2 unspecified atom stereocenters. The van der Waals surface area contributed by atoms with Gasteiger partial charge >= 0.3 is 0 Å². The molecule has 2 atom stereocenters. The van der Waals surface area contributed by atoms with E-state index in [1.807, 2.05) is 11.8 Å². The molecular formula is C19H23N3O4. The molecule has 7 nitrogen and oxygen atoms in total. The fraction of sp³-hybridized carbons (Fsp3) is 0.526. The maximum absolute atomic E-state index is 12.8. The van der Waals surface area contributed by atoms with Gasteiger partial charge in [-0.15, -0.1) is 0 Å². The summed E-state index contributed by atoms with van der Waals surface area (Å²) < 4.78 is 6.62. The number of piperidine rings is 2. The van der Waals surface area contributed by atoms with Crippen molar-refractivity contribution in [3.63, 3.8) is 0 Å². The second kappa shape index (κ2) is 6.39. The third kappa shape index (κ3) is 3.07. The van der Waals surface area contributed by atoms with Gasteiger partial charge in [-0.25, -0.2) is 4.68 Å². The summed E-state index contributed by atoms with van der Waals surface area (Å²) in [5, 5.41) is 15.5. The fourth-order valence-corrected chi connectivity index (χ4v) is 4.46. The van der Waals surface area contributed by atoms with Crippen LogP contribution in [-0.2, 0) is 6.54 Å². The summed E-state index contributed by atoms with van der Waals surface area (Å²) in [6.45, 7) is 1.97. The van der Waals surface area contributed by atoms with Crippen molar-refractivity contribution in [3.8, 4) is 0 Å². The molecule has 2 aromatic rings. The van der Waals surface area contributed by atoms with Crippen molar-refractivity contribution >= 4 is 5.91 Å². The van der Waals surface area contributed by atoms with Gasteiger partial charge in [-0.3, -0.25) is 9.59 Å². The van der Waals surface area contributed by atoms with E-state index in [0.717, 1.165) is 25.0 Å². The van der Waals surface area contributed by atoms with Crippen LogP contribution in [0.2, 0.25) is 0 Å². The SMILES string of the molecule is Cc1ccc(=O)n(CC2(O)CC3CCCC(C2)N3C(=O)c2ccco2)n1. The number of hydrogen-bond acceptors (Lipinski definition) is 5. The monoisotopic (exact) mass is 357 g/mol. The van der Waals surface area contributed by atoms with Crippen LogP contribution in [0, 0.1) is 6.92 Å². The van der Waals surface area contributed by atoms with Gasteiger partial charge in [0.25, 0.3) is 11.5 Å². The van der Waals surface area contributed by atoms with E-state index in [1.165, 1.54) is 17.0 Å². The van der Waals surface area contributed by atoms with E-state index in [1.54, 1.807) is 18.2 Å². The van der Waals surface area contributed by atoms with E-state index in [2.05, 4.69) is 5.10 Å². The highest BCUT2D eigenvalue weighted by Crippen LogP contribution is 2.40. The lowest BCUT2D eigenvalue weighted by Crippen LogP contribution is -2.61. The first-order chi connectivity index (χ1) is 12.5. The lowest BCUT2D eigenvalue weighted by Gasteiger charge is -2.51. The largest absolute Gasteiger partial charge is 0.459 e. The molecular weight excluding hydrogens is 334 g/mol. The summed E-state index contributed by atoms with van der Waals surface area (Å²) >= 11 is 0. The van der Waals surface area contributed by atoms with Gasteiger partial charge in [0.05, 0.1) is 24.1 Å². The van der Waals surface area contributed by atoms with E-state index < -0.39 is 5.60 Å². The second-order valence-electron chi connectivity index (χ2n) is 7.53. The predicted molar refractivity (Wildman–Crippen MR) is 93.7 cm³/mol. The number of rotatable bonds is 3. The summed E-state index contributed by atoms with van der Waals surface area (Å²) in [6, 6.07) is 6.43. The molecule has 0 aromatic carbocycles. The molecule has 7 heteroatoms. The molecule has 26 heavy (non-hydrogen) atoms. The van der Waals surface area contributed by atoms with Crippen LogP contribution in [-0.4, -0.2) is 43.4 Å². The molecule has 1 amide bonds. The molecule has 2 aliphatic heterocycles. The summed E-state index contributed by atoms with van der Waals surface area (Å²) in [6.07, 6.45) is 5.12. The van der Waals surface area contributed by atoms with Gasteiger partial charge in [0.1, 0.15) is 0 Å². The molecule has 2 fully saturated rings. The molecule has 0 spiro atoms. The number of aliphatic hydroxyl groups is 1. The van der Waals surface area contributed by atoms with Gasteiger partial charge in [-0.2, -0.15) is 5.10 Å². The fourth-order valence-electron chi connectivity index (χ4n) is 4.46. The first-order valence-electron chi connectivity index (χ1n) is 9.08. The second-order valence-corrected chi connectivity index (χ2v) is 7.53. The molecule has 0 saturated carbocycles. The van der Waals surface area contributed by atoms with E-state index >= 15 is 0 Å². The van der Waals surface area contributed by atoms with Crippen LogP contribution in [0.1, 0.15) is 48.4 Å². The van der Waals surface area contributed by atoms with Crippen molar-refractivity contribution in [2.75, 3.05) is 0 Å². The molecule has 4 rings (SSSR count). The summed E-state index contributed by atoms with van der Waals surface area (Å²) in [4.78, 5) is 26.8. The number of nitrogens with zero attached hydrogens (tertiary/aromatic N) is 3. The van der Waals surface area contributed by atoms with Crippen LogP contribution in [0.4, 0.5) is 0 Å². The van der Waals surface area contributed by atoms with Crippen molar-refractivity contribution in [3.05, 3.63) is 52.3 Å². The van der Waals surface area contributed by atoms with E-state index in [9.17, 15) is 14.7 Å². The maximum Gasteiger partial charge on any atom is 0.290 e. The van der Waals surface area contributed by atoms with Crippen molar-refractivity contribution in [1.82, 2.24) is 14.7 Å². The van der Waals surface area contributed by atoms with Crippen LogP contribution in [0.25, 0.3) is 0 Å². The molecule has 0 radical (unpaired) electrons. The van der Waals surface area contributed by atoms with Crippen molar-refractivity contribution in [2.24, 2.45) is 0 Å². The molecule has 138 valence electrons. The zero-order valence-electron chi connectivity index (χ0n) is 14.8. The predicted octanol–water partition coefficient (Wildman–Crippen LogP) is 1.73. The Kier molecular flexibility index (Phi) is 4.19. The Balaban J connectivity index is 1.58. The van der Waals surface area contributed by atoms with Crippen LogP contribution < -0.4 is 5.56 Å². The smallest absolute Gasteiger partial charge is 0.290 e. The number of furan rings is 1. The minimum absolute atomic E-state index is 0.0504. The van der Waals surface area contributed by atoms with E-state index in [-0.39, 0.29) is 30.1 Å². The summed E-state index contributed by atoms with van der Waals surface area (Å²) in [7, 11) is 0. The van der Waals surface area contributed by atoms with Crippen LogP contribution in [0.15, 0.2) is 39.7 Å². The topological polar surface area (TPSA) is 88.6 Å². The van der Waals surface area contributed by atoms with Crippen LogP contribution >= 0.6 is 0 Å². The van der Waals surface area contributed by atoms with Gasteiger partial charge in [0.2, 0.25) is 0 Å². The Morgan fingerprint density at radius 1 is 1.31 bits per heavy atom. The molecule has 2 saturated heterocycles. The van der Waals surface area contributed by atoms with Crippen molar-refractivity contribution < 1.29 is 14.3 Å². The molecule has 0 aliphatic carbocycles. The highest BCUT2D eigenvalue weighted by Gasteiger charge is 2.48. The van der Waals surface area contributed by atoms with Crippen molar-refractivity contribution in [2.45, 2.75) is 63.3 Å². The van der Waals surface area contributed by atoms with Gasteiger partial charge in [0, 0.05) is 18.2 Å². The lowest BCUT2D eigenvalue weighted by molar-refractivity contribution is -0.0894. The minimum Gasteiger partial charge on any atom is -0.459 e. The molecule has 1 N–H and O–H groups in total. The van der Waals surface area contributed by atoms with E-state index in [4.69, 9.17) is 4.42 Å². The zero-order valence-corrected chi connectivity index (χ0v) is 14.8. The first-order valence-corrected chi connectivity index (χ1v) is 9.08. The third-order valence-corrected chi connectivity index (χ3v) is 5.50. The Morgan fingerprint density at radius 3 is 2.69 bits per heavy atom. The minimum atomic E-state index is -1.04. The summed E-state index contributed by atoms with van der Waals surface area (Å²) in [5.74, 6) is 0.224. The maximum atomic E-state index is 12.8. The van der Waals surface area contributed by atoms with Gasteiger partial charge in [0.15, 0.2) is 5.76 Å². The van der Waals surface area contributed by atoms with Crippen LogP contribution in [0.3, 0.4) is 0 Å². The molecule has 2 bridgehead atoms. The van der Waals surface area contributed by atoms with E-state index in [0.29, 0.717) is 18.6 Å². The zero-order chi connectivity index (χ0) is 18.3. The highest BCUT2D eigenvalue weighted by atomic mass is 16.3. The van der Waals surface area contributed by atoms with Gasteiger partial charge in [-0.1, -0.05) is 0 Å². The Morgan fingerprint density at radius 2 is 2.04 bits per heavy atom. The standard InChI is InChI=1S/C19H23N3O4/c1-13-7-8-17(23)21(20-13)12-19(25)10-14-4-2-5-15(11-19)22(14)18(24)16-6-3-9-26-16/h3,6-9,14-15,25H,2,4-5,10-12H2,1H3. The number of aryl methyl sites for hydroxylation is 1. The Labute approximate surface area is 151 Å². The first kappa shape index (κ1) is 17.0. The lowest BCUT2D eigenvalue weighted by atomic mass is 9.75. The average molecular weight is 357 g/mol. The quantitative estimate of drug-likeness (QED) is 0.904. The van der Waals surface area contributed by atoms with Gasteiger partial charge in [-0.05, 0) is 57.2 Å². The normalized spacial score (nSPS) is 28.2. The third-order valence-electron chi connectivity index (χ3n) is 5.50. The Bertz CT molecular complexity index is 844. The number of aromatic nitrogens is 2. The number of hydrogen-bond donors (Lipinski definition) is 1.